The Morgan fingerprint density at radius 3 is 2.95 bits per heavy atom. The third kappa shape index (κ3) is 3.28. The van der Waals surface area contributed by atoms with E-state index in [1.54, 1.807) is 12.1 Å². The Kier molecular flexibility index (Phi) is 4.60. The fraction of sp³-hybridized carbons (Fsp3) is 0.231. The van der Waals surface area contributed by atoms with E-state index in [0.29, 0.717) is 23.8 Å². The monoisotopic (exact) mass is 293 g/mol. The van der Waals surface area contributed by atoms with Gasteiger partial charge in [0, 0.05) is 22.5 Å². The molecule has 1 aromatic carbocycles. The summed E-state index contributed by atoms with van der Waals surface area (Å²) in [4.78, 5) is 19.0. The van der Waals surface area contributed by atoms with Crippen LogP contribution in [0.5, 0.6) is 0 Å². The second-order valence-corrected chi connectivity index (χ2v) is 4.65. The Morgan fingerprint density at radius 1 is 1.45 bits per heavy atom. The van der Waals surface area contributed by atoms with Crippen LogP contribution in [0.1, 0.15) is 16.9 Å². The number of aliphatic imine (C=N–C) groups is 1. The number of carbonyl (C=O) groups is 1. The maximum atomic E-state index is 12.0. The van der Waals surface area contributed by atoms with Crippen LogP contribution in [0.15, 0.2) is 29.3 Å². The van der Waals surface area contributed by atoms with E-state index in [4.69, 9.17) is 23.1 Å². The van der Waals surface area contributed by atoms with Crippen LogP contribution >= 0.6 is 11.6 Å². The van der Waals surface area contributed by atoms with Gasteiger partial charge in [0.05, 0.1) is 0 Å². The van der Waals surface area contributed by atoms with Crippen molar-refractivity contribution in [3.05, 3.63) is 35.0 Å². The summed E-state index contributed by atoms with van der Waals surface area (Å²) in [5.74, 6) is -0.278. The van der Waals surface area contributed by atoms with Gasteiger partial charge in [-0.05, 0) is 31.2 Å². The number of nitrogens with two attached hydrogens (primary N) is 2. The molecule has 6 nitrogen and oxygen atoms in total. The lowest BCUT2D eigenvalue weighted by Crippen LogP contribution is -2.37. The molecule has 2 aromatic rings. The molecular weight excluding hydrogens is 278 g/mol. The first-order valence-electron chi connectivity index (χ1n) is 6.20. The molecule has 1 heterocycles. The van der Waals surface area contributed by atoms with Crippen LogP contribution in [0, 0.1) is 0 Å². The minimum Gasteiger partial charge on any atom is -0.370 e. The normalized spacial score (nSPS) is 11.8. The average molecular weight is 294 g/mol. The summed E-state index contributed by atoms with van der Waals surface area (Å²) < 4.78 is 0. The van der Waals surface area contributed by atoms with Crippen molar-refractivity contribution in [1.82, 2.24) is 10.3 Å². The molecule has 0 saturated carbocycles. The van der Waals surface area contributed by atoms with E-state index in [1.807, 2.05) is 12.1 Å². The summed E-state index contributed by atoms with van der Waals surface area (Å²) in [6.45, 7) is 1.02. The molecule has 0 aliphatic carbocycles. The average Bonchev–Trinajstić information content (AvgIpc) is 2.84. The molecule has 0 aliphatic heterocycles. The van der Waals surface area contributed by atoms with Gasteiger partial charge in [0.2, 0.25) is 0 Å². The van der Waals surface area contributed by atoms with Gasteiger partial charge in [0.1, 0.15) is 5.69 Å². The van der Waals surface area contributed by atoms with Crippen LogP contribution < -0.4 is 16.8 Å². The van der Waals surface area contributed by atoms with Crippen LogP contribution in [0.4, 0.5) is 0 Å². The molecule has 0 unspecified atom stereocenters. The number of guanidine groups is 1. The number of aromatic nitrogens is 1. The number of carbonyl (C=O) groups excluding carboxylic acids is 1. The zero-order chi connectivity index (χ0) is 14.5. The molecule has 0 bridgehead atoms. The van der Waals surface area contributed by atoms with E-state index >= 15 is 0 Å². The van der Waals surface area contributed by atoms with E-state index in [2.05, 4.69) is 15.3 Å². The zero-order valence-corrected chi connectivity index (χ0v) is 11.6. The lowest BCUT2D eigenvalue weighted by molar-refractivity contribution is 0.0972. The van der Waals surface area contributed by atoms with Gasteiger partial charge in [-0.1, -0.05) is 17.7 Å². The SMILES string of the molecule is NCCCN=C(N)NC(=O)c1cc2c(Cl)cccc2[nH]1. The van der Waals surface area contributed by atoms with Crippen LogP contribution in [-0.2, 0) is 0 Å². The van der Waals surface area contributed by atoms with E-state index in [1.165, 1.54) is 0 Å². The summed E-state index contributed by atoms with van der Waals surface area (Å²) in [6.07, 6.45) is 0.721. The molecule has 1 amide bonds. The number of halogens is 1. The number of nitrogens with zero attached hydrogens (tertiary/aromatic N) is 1. The summed E-state index contributed by atoms with van der Waals surface area (Å²) >= 11 is 6.05. The van der Waals surface area contributed by atoms with Crippen molar-refractivity contribution in [2.45, 2.75) is 6.42 Å². The number of H-pyrrole nitrogens is 1. The maximum absolute atomic E-state index is 12.0. The molecule has 0 saturated heterocycles. The Morgan fingerprint density at radius 2 is 2.25 bits per heavy atom. The maximum Gasteiger partial charge on any atom is 0.274 e. The highest BCUT2D eigenvalue weighted by Gasteiger charge is 2.11. The Bertz CT molecular complexity index is 649. The molecule has 2 rings (SSSR count). The number of hydrogen-bond acceptors (Lipinski definition) is 3. The molecule has 0 atom stereocenters. The predicted octanol–water partition coefficient (Wildman–Crippen LogP) is 1.21. The lowest BCUT2D eigenvalue weighted by atomic mass is 10.2. The minimum absolute atomic E-state index is 0.0770. The van der Waals surface area contributed by atoms with Crippen molar-refractivity contribution in [1.29, 1.82) is 0 Å². The molecule has 1 aromatic heterocycles. The standard InChI is InChI=1S/C13H16ClN5O/c14-9-3-1-4-10-8(9)7-11(18-10)12(20)19-13(16)17-6-2-5-15/h1,3-4,7,18H,2,5-6,15H2,(H3,16,17,19,20). The summed E-state index contributed by atoms with van der Waals surface area (Å²) in [5.41, 5.74) is 12.1. The van der Waals surface area contributed by atoms with Gasteiger partial charge in [-0.25, -0.2) is 0 Å². The number of aromatic amines is 1. The Labute approximate surface area is 121 Å². The van der Waals surface area contributed by atoms with E-state index < -0.39 is 0 Å². The quantitative estimate of drug-likeness (QED) is 0.386. The van der Waals surface area contributed by atoms with Crippen molar-refractivity contribution in [2.75, 3.05) is 13.1 Å². The van der Waals surface area contributed by atoms with Crippen LogP contribution in [0.2, 0.25) is 5.02 Å². The highest BCUT2D eigenvalue weighted by atomic mass is 35.5. The summed E-state index contributed by atoms with van der Waals surface area (Å²) in [6, 6.07) is 7.10. The topological polar surface area (TPSA) is 109 Å². The van der Waals surface area contributed by atoms with Gasteiger partial charge < -0.3 is 16.5 Å². The first kappa shape index (κ1) is 14.4. The third-order valence-electron chi connectivity index (χ3n) is 2.74. The van der Waals surface area contributed by atoms with Gasteiger partial charge in [0.25, 0.3) is 5.91 Å². The van der Waals surface area contributed by atoms with E-state index in [9.17, 15) is 4.79 Å². The van der Waals surface area contributed by atoms with Gasteiger partial charge in [-0.2, -0.15) is 0 Å². The second kappa shape index (κ2) is 6.40. The largest absolute Gasteiger partial charge is 0.370 e. The highest BCUT2D eigenvalue weighted by Crippen LogP contribution is 2.23. The van der Waals surface area contributed by atoms with Gasteiger partial charge in [-0.3, -0.25) is 15.1 Å². The molecule has 6 N–H and O–H groups in total. The van der Waals surface area contributed by atoms with Crippen molar-refractivity contribution < 1.29 is 4.79 Å². The van der Waals surface area contributed by atoms with Crippen LogP contribution in [-0.4, -0.2) is 29.9 Å². The van der Waals surface area contributed by atoms with Crippen LogP contribution in [0.25, 0.3) is 10.9 Å². The number of rotatable bonds is 4. The zero-order valence-electron chi connectivity index (χ0n) is 10.8. The predicted molar refractivity (Wildman–Crippen MR) is 80.9 cm³/mol. The van der Waals surface area contributed by atoms with Gasteiger partial charge in [0.15, 0.2) is 5.96 Å². The second-order valence-electron chi connectivity index (χ2n) is 4.25. The number of nitrogens with one attached hydrogen (secondary N) is 2. The number of amides is 1. The van der Waals surface area contributed by atoms with Crippen molar-refractivity contribution in [3.8, 4) is 0 Å². The van der Waals surface area contributed by atoms with Crippen molar-refractivity contribution in [2.24, 2.45) is 16.5 Å². The molecular formula is C13H16ClN5O. The molecule has 7 heteroatoms. The molecule has 0 fully saturated rings. The number of fused-ring (bicyclic) bond motifs is 1. The number of benzene rings is 1. The molecule has 106 valence electrons. The highest BCUT2D eigenvalue weighted by molar-refractivity contribution is 6.35. The van der Waals surface area contributed by atoms with E-state index in [-0.39, 0.29) is 11.9 Å². The molecule has 20 heavy (non-hydrogen) atoms. The van der Waals surface area contributed by atoms with Crippen molar-refractivity contribution in [3.63, 3.8) is 0 Å². The summed E-state index contributed by atoms with van der Waals surface area (Å²) in [5, 5.41) is 3.88. The fourth-order valence-corrected chi connectivity index (χ4v) is 1.98. The molecule has 0 spiro atoms. The Balaban J connectivity index is 2.11. The van der Waals surface area contributed by atoms with Crippen molar-refractivity contribution >= 4 is 34.4 Å². The van der Waals surface area contributed by atoms with Gasteiger partial charge in [-0.15, -0.1) is 0 Å². The first-order valence-corrected chi connectivity index (χ1v) is 6.58. The Hall–Kier alpha value is -2.05. The van der Waals surface area contributed by atoms with E-state index in [0.717, 1.165) is 17.3 Å². The summed E-state index contributed by atoms with van der Waals surface area (Å²) in [7, 11) is 0. The number of hydrogen-bond donors (Lipinski definition) is 4. The first-order chi connectivity index (χ1) is 9.61. The molecule has 0 radical (unpaired) electrons. The van der Waals surface area contributed by atoms with Crippen LogP contribution in [0.3, 0.4) is 0 Å². The molecule has 0 aliphatic rings. The smallest absolute Gasteiger partial charge is 0.274 e. The lowest BCUT2D eigenvalue weighted by Gasteiger charge is -2.02. The fourth-order valence-electron chi connectivity index (χ4n) is 1.75. The van der Waals surface area contributed by atoms with Gasteiger partial charge >= 0.3 is 0 Å². The minimum atomic E-state index is -0.355. The third-order valence-corrected chi connectivity index (χ3v) is 3.07.